The smallest absolute Gasteiger partial charge is 0.407 e. The van der Waals surface area contributed by atoms with Crippen molar-refractivity contribution in [2.75, 3.05) is 52.7 Å². The fourth-order valence-corrected chi connectivity index (χ4v) is 13.3. The number of carbonyl (C=O) groups excluding carboxylic acids is 7. The Morgan fingerprint density at radius 3 is 1.13 bits per heavy atom. The lowest BCUT2D eigenvalue weighted by Gasteiger charge is -2.48. The highest BCUT2D eigenvalue weighted by molar-refractivity contribution is 5.80. The van der Waals surface area contributed by atoms with Crippen molar-refractivity contribution in [1.82, 2.24) is 21.3 Å². The summed E-state index contributed by atoms with van der Waals surface area (Å²) in [6.07, 6.45) is -41.7. The van der Waals surface area contributed by atoms with Crippen LogP contribution in [0.2, 0.25) is 0 Å². The Morgan fingerprint density at radius 1 is 0.387 bits per heavy atom. The van der Waals surface area contributed by atoms with Crippen molar-refractivity contribution in [3.63, 3.8) is 0 Å². The predicted octanol–water partition coefficient (Wildman–Crippen LogP) is -5.14. The first-order valence-corrected chi connectivity index (χ1v) is 33.5. The summed E-state index contributed by atoms with van der Waals surface area (Å²) in [7, 11) is 0. The summed E-state index contributed by atoms with van der Waals surface area (Å²) in [6, 6.07) is 28.5. The topological polar surface area (TPSA) is 549 Å². The van der Waals surface area contributed by atoms with Crippen LogP contribution in [0.5, 0.6) is 0 Å². The fraction of sp³-hybridized carbons (Fsp3) is 0.544. The predicted molar refractivity (Wildman–Crippen MR) is 347 cm³/mol. The second-order valence-corrected chi connectivity index (χ2v) is 25.2. The van der Waals surface area contributed by atoms with E-state index in [9.17, 15) is 94.8 Å². The first kappa shape index (κ1) is 80.4. The van der Waals surface area contributed by atoms with E-state index in [0.29, 0.717) is 0 Å². The molecule has 4 amide bonds. The van der Waals surface area contributed by atoms with Crippen LogP contribution in [0.4, 0.5) is 9.59 Å². The Morgan fingerprint density at radius 2 is 0.736 bits per heavy atom. The van der Waals surface area contributed by atoms with Crippen molar-refractivity contribution in [2.45, 2.75) is 180 Å². The van der Waals surface area contributed by atoms with Gasteiger partial charge in [-0.05, 0) is 44.5 Å². The van der Waals surface area contributed by atoms with Gasteiger partial charge >= 0.3 is 12.2 Å². The van der Waals surface area contributed by atoms with Crippen molar-refractivity contribution in [3.8, 4) is 22.3 Å². The molecule has 16 N–H and O–H groups in total. The highest BCUT2D eigenvalue weighted by Gasteiger charge is 2.57. The highest BCUT2D eigenvalue weighted by Crippen LogP contribution is 2.46. The van der Waals surface area contributed by atoms with E-state index in [4.69, 9.17) is 66.3 Å². The molecule has 25 atom stereocenters. The van der Waals surface area contributed by atoms with Gasteiger partial charge in [0.1, 0.15) is 105 Å². The lowest BCUT2D eigenvalue weighted by Crippen LogP contribution is -2.69. The molecule has 5 heterocycles. The second kappa shape index (κ2) is 37.1. The van der Waals surface area contributed by atoms with E-state index in [1.54, 1.807) is 0 Å². The second-order valence-electron chi connectivity index (χ2n) is 25.2. The van der Waals surface area contributed by atoms with Crippen LogP contribution < -0.4 is 21.3 Å². The van der Waals surface area contributed by atoms with Crippen molar-refractivity contribution in [1.29, 1.82) is 0 Å². The number of alkyl carbamates (subject to hydrolysis) is 2. The van der Waals surface area contributed by atoms with E-state index < -0.39 is 191 Å². The number of aliphatic hydroxyl groups excluding tert-OH is 12. The SMILES string of the molecule is CC(=O)NC1[C@@H](O[C@@H]2C(OC=O)O[C@@H](OCCNC(=O)OCC3c4ccccc4-c4ccccc43)C(O)[C@H]2O)OC(CO)[C@@H](O)[C@@H]1O.CC(=O)NC1[C@@H](O[C@@H]2C(OC=O)O[C@@H](OCCNC(=O)OCC3c4ccccc4-c4ccccc43)C(O)[C@H]2O)OC(CO)[C@@H](O[C@@H]2OC(OC=O)[C@@H](O)[C@H](O)C2O)[C@@H]1O. The van der Waals surface area contributed by atoms with Crippen molar-refractivity contribution < 1.29 is 166 Å². The van der Waals surface area contributed by atoms with Gasteiger partial charge in [-0.25, -0.2) is 9.59 Å². The zero-order chi connectivity index (χ0) is 76.0. The van der Waals surface area contributed by atoms with Gasteiger partial charge in [0.2, 0.25) is 30.7 Å². The molecule has 10 unspecified atom stereocenters. The van der Waals surface area contributed by atoms with E-state index in [1.165, 1.54) is 0 Å². The summed E-state index contributed by atoms with van der Waals surface area (Å²) in [6.45, 7) is -0.124. The Kier molecular flexibility index (Phi) is 28.2. The van der Waals surface area contributed by atoms with Crippen LogP contribution in [0.1, 0.15) is 47.9 Å². The van der Waals surface area contributed by atoms with Gasteiger partial charge < -0.3 is 154 Å². The first-order valence-electron chi connectivity index (χ1n) is 33.5. The first-order chi connectivity index (χ1) is 51.0. The number of hydrogen-bond acceptors (Lipinski definition) is 34. The minimum atomic E-state index is -1.98. The van der Waals surface area contributed by atoms with Gasteiger partial charge in [-0.1, -0.05) is 97.1 Å². The third-order valence-electron chi connectivity index (χ3n) is 18.4. The molecule has 5 aliphatic heterocycles. The van der Waals surface area contributed by atoms with Crippen LogP contribution in [-0.4, -0.2) is 311 Å². The molecule has 0 aromatic heterocycles. The normalized spacial score (nSPS) is 33.8. The number of ether oxygens (including phenoxy) is 15. The van der Waals surface area contributed by atoms with E-state index in [1.807, 2.05) is 97.1 Å². The summed E-state index contributed by atoms with van der Waals surface area (Å²) in [4.78, 5) is 82.6. The number of rotatable bonds is 28. The monoisotopic (exact) mass is 1500 g/mol. The summed E-state index contributed by atoms with van der Waals surface area (Å²) >= 11 is 0. The third kappa shape index (κ3) is 18.4. The minimum absolute atomic E-state index is 0.00334. The maximum absolute atomic E-state index is 12.6. The molecule has 5 saturated heterocycles. The standard InChI is InChI=1S/C37H46N2O20.C31H38N2O14/c1-16(43)39-23-24(44)30(56-35-28(48)25(45)27(47)34(58-35)53-14-41)22(12-40)55-32(23)57-31-26(46)29(49)33(59-36(31)54-15-42)51-11-10-38-37(50)52-13-21-19-8-4-2-6-17(19)18-7-3-5-9-20(18)21;1-15(36)33-22-24(38)23(37)21(12-34)45-28(22)46-27-25(39)26(40)29(47-30(27)44-14-35)42-11-10-32-31(41)43-13-20-18-8-4-2-6-16(18)17-7-3-5-9-19(17)20/h2-9,14-15,21-36,40,44-49H,10-13H2,1H3,(H,38,50)(H,39,43);2-9,14,20-30,34,37-40H,10-13H2,1H3,(H,32,41)(H,33,36)/t22?,23?,24-,25+,26-,27+,28?,29?,30-,31+,32-,33-,34?,35-,36?;21?,22?,23-,24-,25-,26?,27+,28-,29-,30?/m11/s1. The molecule has 0 saturated carbocycles. The number of benzene rings is 4. The van der Waals surface area contributed by atoms with Gasteiger partial charge in [0.25, 0.3) is 19.4 Å². The third-order valence-corrected chi connectivity index (χ3v) is 18.4. The largest absolute Gasteiger partial charge is 0.449 e. The van der Waals surface area contributed by atoms with Gasteiger partial charge in [0.15, 0.2) is 43.7 Å². The van der Waals surface area contributed by atoms with Gasteiger partial charge in [-0.15, -0.1) is 0 Å². The fourth-order valence-electron chi connectivity index (χ4n) is 13.3. The van der Waals surface area contributed by atoms with Gasteiger partial charge in [-0.3, -0.25) is 24.0 Å². The molecular weight excluding hydrogens is 1420 g/mol. The summed E-state index contributed by atoms with van der Waals surface area (Å²) in [5, 5.41) is 136. The Balaban J connectivity index is 0.000000233. The van der Waals surface area contributed by atoms with E-state index in [-0.39, 0.29) is 70.8 Å². The van der Waals surface area contributed by atoms with Crippen molar-refractivity contribution in [3.05, 3.63) is 119 Å². The highest BCUT2D eigenvalue weighted by atomic mass is 16.8. The number of nitrogens with one attached hydrogen (secondary N) is 4. The van der Waals surface area contributed by atoms with Gasteiger partial charge in [-0.2, -0.15) is 0 Å². The minimum Gasteiger partial charge on any atom is -0.449 e. The van der Waals surface area contributed by atoms with Crippen LogP contribution in [0.25, 0.3) is 22.3 Å². The molecule has 38 heteroatoms. The molecular formula is C68H84N4O34. The molecule has 0 bridgehead atoms. The number of amides is 4. The number of aliphatic hydroxyl groups is 12. The molecule has 7 aliphatic rings. The number of fused-ring (bicyclic) bond motifs is 6. The van der Waals surface area contributed by atoms with Crippen LogP contribution >= 0.6 is 0 Å². The maximum atomic E-state index is 12.6. The molecule has 0 spiro atoms. The van der Waals surface area contributed by atoms with Gasteiger partial charge in [0.05, 0.1) is 26.4 Å². The van der Waals surface area contributed by atoms with E-state index in [2.05, 4.69) is 26.0 Å². The molecule has 4 aromatic rings. The van der Waals surface area contributed by atoms with Crippen molar-refractivity contribution in [2.24, 2.45) is 0 Å². The summed E-state index contributed by atoms with van der Waals surface area (Å²) in [5.74, 6) is -1.67. The molecule has 38 nitrogen and oxygen atoms in total. The van der Waals surface area contributed by atoms with E-state index >= 15 is 0 Å². The molecule has 5 fully saturated rings. The quantitative estimate of drug-likeness (QED) is 0.0144. The molecule has 106 heavy (non-hydrogen) atoms. The molecule has 11 rings (SSSR count). The molecule has 0 radical (unpaired) electrons. The van der Waals surface area contributed by atoms with E-state index in [0.717, 1.165) is 58.4 Å². The lowest BCUT2D eigenvalue weighted by atomic mass is 9.95. The Hall–Kier alpha value is -8.11. The zero-order valence-corrected chi connectivity index (χ0v) is 56.6. The Bertz CT molecular complexity index is 3510. The molecule has 4 aromatic carbocycles. The number of hydrogen-bond donors (Lipinski definition) is 16. The lowest BCUT2D eigenvalue weighted by molar-refractivity contribution is -0.389. The maximum Gasteiger partial charge on any atom is 0.407 e. The average molecular weight is 1500 g/mol. The van der Waals surface area contributed by atoms with Crippen LogP contribution in [0.15, 0.2) is 97.1 Å². The van der Waals surface area contributed by atoms with Crippen LogP contribution in [0.3, 0.4) is 0 Å². The Labute approximate surface area is 602 Å². The summed E-state index contributed by atoms with van der Waals surface area (Å²) in [5.41, 5.74) is 8.48. The van der Waals surface area contributed by atoms with Crippen LogP contribution in [0, 0.1) is 0 Å². The molecule has 580 valence electrons. The summed E-state index contributed by atoms with van der Waals surface area (Å²) < 4.78 is 81.2. The van der Waals surface area contributed by atoms with Crippen molar-refractivity contribution >= 4 is 43.4 Å². The van der Waals surface area contributed by atoms with Crippen LogP contribution in [-0.2, 0) is 95.0 Å². The average Bonchev–Trinajstić information content (AvgIpc) is 1.52. The zero-order valence-electron chi connectivity index (χ0n) is 56.6. The molecule has 2 aliphatic carbocycles. The van der Waals surface area contributed by atoms with Gasteiger partial charge in [0, 0.05) is 38.8 Å². The number of carbonyl (C=O) groups is 7.